The molecule has 6 heteroatoms. The molecule has 1 atom stereocenters. The molecular weight excluding hydrogens is 289 g/mol. The predicted octanol–water partition coefficient (Wildman–Crippen LogP) is 2.89. The number of hydrogen-bond donors (Lipinski definition) is 1. The van der Waals surface area contributed by atoms with E-state index in [1.807, 2.05) is 12.3 Å². The van der Waals surface area contributed by atoms with Crippen LogP contribution >= 0.6 is 11.3 Å². The van der Waals surface area contributed by atoms with Gasteiger partial charge in [0.2, 0.25) is 0 Å². The van der Waals surface area contributed by atoms with Crippen LogP contribution < -0.4 is 11.3 Å². The molecule has 0 aliphatic heterocycles. The largest absolute Gasteiger partial charge is 0.323 e. The monoisotopic (exact) mass is 303 g/mol. The van der Waals surface area contributed by atoms with E-state index in [1.54, 1.807) is 19.1 Å². The fourth-order valence-electron chi connectivity index (χ4n) is 2.34. The number of halogens is 1. The van der Waals surface area contributed by atoms with Crippen molar-refractivity contribution in [3.8, 4) is 11.1 Å². The maximum atomic E-state index is 13.5. The SMILES string of the molecule is Cc1csc2nc(C(C)N)c(-c3cccc(F)c3)c(=O)n12. The van der Waals surface area contributed by atoms with E-state index < -0.39 is 11.9 Å². The summed E-state index contributed by atoms with van der Waals surface area (Å²) in [6.45, 7) is 3.61. The Kier molecular flexibility index (Phi) is 3.35. The molecule has 3 rings (SSSR count). The van der Waals surface area contributed by atoms with Crippen LogP contribution in [0.1, 0.15) is 24.4 Å². The van der Waals surface area contributed by atoms with Gasteiger partial charge in [-0.15, -0.1) is 11.3 Å². The van der Waals surface area contributed by atoms with Gasteiger partial charge in [0.15, 0.2) is 4.96 Å². The van der Waals surface area contributed by atoms with Crippen LogP contribution in [0.4, 0.5) is 4.39 Å². The number of rotatable bonds is 2. The molecule has 1 unspecified atom stereocenters. The average Bonchev–Trinajstić information content (AvgIpc) is 2.80. The van der Waals surface area contributed by atoms with Crippen LogP contribution in [-0.2, 0) is 0 Å². The third kappa shape index (κ3) is 2.26. The first-order valence-electron chi connectivity index (χ1n) is 6.51. The first kappa shape index (κ1) is 13.9. The second-order valence-electron chi connectivity index (χ2n) is 4.97. The van der Waals surface area contributed by atoms with Gasteiger partial charge in [0.05, 0.1) is 11.3 Å². The van der Waals surface area contributed by atoms with Gasteiger partial charge in [0.25, 0.3) is 5.56 Å². The molecule has 0 spiro atoms. The van der Waals surface area contributed by atoms with Crippen molar-refractivity contribution in [2.75, 3.05) is 0 Å². The molecule has 2 aromatic heterocycles. The first-order chi connectivity index (χ1) is 9.99. The molecule has 0 aliphatic carbocycles. The van der Waals surface area contributed by atoms with Crippen molar-refractivity contribution in [1.29, 1.82) is 0 Å². The molecule has 1 aromatic carbocycles. The minimum absolute atomic E-state index is 0.211. The zero-order chi connectivity index (χ0) is 15.1. The molecule has 0 fully saturated rings. The van der Waals surface area contributed by atoms with E-state index in [1.165, 1.54) is 27.9 Å². The highest BCUT2D eigenvalue weighted by Crippen LogP contribution is 2.25. The number of nitrogens with zero attached hydrogens (tertiary/aromatic N) is 2. The summed E-state index contributed by atoms with van der Waals surface area (Å²) < 4.78 is 15.0. The van der Waals surface area contributed by atoms with E-state index in [0.29, 0.717) is 21.8 Å². The van der Waals surface area contributed by atoms with Crippen molar-refractivity contribution in [3.05, 3.63) is 57.2 Å². The lowest BCUT2D eigenvalue weighted by molar-refractivity contribution is 0.628. The van der Waals surface area contributed by atoms with Crippen molar-refractivity contribution < 1.29 is 4.39 Å². The summed E-state index contributed by atoms with van der Waals surface area (Å²) in [6, 6.07) is 5.53. The van der Waals surface area contributed by atoms with E-state index in [2.05, 4.69) is 4.98 Å². The molecule has 0 bridgehead atoms. The third-order valence-corrected chi connectivity index (χ3v) is 4.26. The first-order valence-corrected chi connectivity index (χ1v) is 7.39. The molecular formula is C15H14FN3OS. The molecule has 0 aliphatic rings. The van der Waals surface area contributed by atoms with Crippen LogP contribution in [0.25, 0.3) is 16.1 Å². The van der Waals surface area contributed by atoms with Gasteiger partial charge >= 0.3 is 0 Å². The predicted molar refractivity (Wildman–Crippen MR) is 82.1 cm³/mol. The van der Waals surface area contributed by atoms with E-state index in [9.17, 15) is 9.18 Å². The second-order valence-corrected chi connectivity index (χ2v) is 5.81. The van der Waals surface area contributed by atoms with Crippen molar-refractivity contribution in [1.82, 2.24) is 9.38 Å². The lowest BCUT2D eigenvalue weighted by Gasteiger charge is -2.12. The van der Waals surface area contributed by atoms with Gasteiger partial charge < -0.3 is 5.73 Å². The number of nitrogens with two attached hydrogens (primary N) is 1. The summed E-state index contributed by atoms with van der Waals surface area (Å²) in [5, 5.41) is 1.87. The smallest absolute Gasteiger partial charge is 0.266 e. The Morgan fingerprint density at radius 1 is 1.43 bits per heavy atom. The van der Waals surface area contributed by atoms with Crippen molar-refractivity contribution in [3.63, 3.8) is 0 Å². The van der Waals surface area contributed by atoms with Crippen LogP contribution in [0.3, 0.4) is 0 Å². The van der Waals surface area contributed by atoms with Gasteiger partial charge in [-0.2, -0.15) is 0 Å². The fraction of sp³-hybridized carbons (Fsp3) is 0.200. The topological polar surface area (TPSA) is 60.4 Å². The number of benzene rings is 1. The molecule has 4 nitrogen and oxygen atoms in total. The van der Waals surface area contributed by atoms with Gasteiger partial charge in [-0.05, 0) is 31.5 Å². The Bertz CT molecular complexity index is 882. The van der Waals surface area contributed by atoms with Gasteiger partial charge in [0, 0.05) is 17.1 Å². The minimum Gasteiger partial charge on any atom is -0.323 e. The maximum Gasteiger partial charge on any atom is 0.266 e. The van der Waals surface area contributed by atoms with Gasteiger partial charge in [-0.3, -0.25) is 9.20 Å². The lowest BCUT2D eigenvalue weighted by atomic mass is 10.0. The highest BCUT2D eigenvalue weighted by atomic mass is 32.1. The van der Waals surface area contributed by atoms with Crippen LogP contribution in [0.2, 0.25) is 0 Å². The Morgan fingerprint density at radius 3 is 2.86 bits per heavy atom. The maximum absolute atomic E-state index is 13.5. The van der Waals surface area contributed by atoms with Gasteiger partial charge in [-0.1, -0.05) is 12.1 Å². The zero-order valence-electron chi connectivity index (χ0n) is 11.6. The van der Waals surface area contributed by atoms with Crippen molar-refractivity contribution in [2.45, 2.75) is 19.9 Å². The quantitative estimate of drug-likeness (QED) is 0.792. The summed E-state index contributed by atoms with van der Waals surface area (Å²) in [6.07, 6.45) is 0. The number of fused-ring (bicyclic) bond motifs is 1. The van der Waals surface area contributed by atoms with E-state index in [4.69, 9.17) is 5.73 Å². The minimum atomic E-state index is -0.414. The standard InChI is InChI=1S/C15H14FN3OS/c1-8-7-21-15-18-13(9(2)17)12(14(20)19(8)15)10-4-3-5-11(16)6-10/h3-7,9H,17H2,1-2H3. The molecule has 2 N–H and O–H groups in total. The van der Waals surface area contributed by atoms with E-state index in [-0.39, 0.29) is 5.56 Å². The highest BCUT2D eigenvalue weighted by molar-refractivity contribution is 7.15. The van der Waals surface area contributed by atoms with Crippen LogP contribution in [0.5, 0.6) is 0 Å². The van der Waals surface area contributed by atoms with Crippen LogP contribution in [0.15, 0.2) is 34.4 Å². The Morgan fingerprint density at radius 2 is 2.19 bits per heavy atom. The number of thiazole rings is 1. The van der Waals surface area contributed by atoms with Crippen molar-refractivity contribution >= 4 is 16.3 Å². The van der Waals surface area contributed by atoms with Gasteiger partial charge in [0.1, 0.15) is 5.82 Å². The van der Waals surface area contributed by atoms with E-state index >= 15 is 0 Å². The molecule has 21 heavy (non-hydrogen) atoms. The lowest BCUT2D eigenvalue weighted by Crippen LogP contribution is -2.22. The van der Waals surface area contributed by atoms with Crippen LogP contribution in [0, 0.1) is 12.7 Å². The summed E-state index contributed by atoms with van der Waals surface area (Å²) in [7, 11) is 0. The van der Waals surface area contributed by atoms with E-state index in [0.717, 1.165) is 5.69 Å². The molecule has 0 saturated carbocycles. The average molecular weight is 303 g/mol. The molecule has 0 saturated heterocycles. The molecule has 2 heterocycles. The normalized spacial score (nSPS) is 12.8. The van der Waals surface area contributed by atoms with Gasteiger partial charge in [-0.25, -0.2) is 9.37 Å². The molecule has 108 valence electrons. The molecule has 0 radical (unpaired) electrons. The molecule has 3 aromatic rings. The highest BCUT2D eigenvalue weighted by Gasteiger charge is 2.19. The van der Waals surface area contributed by atoms with Crippen LogP contribution in [-0.4, -0.2) is 9.38 Å². The summed E-state index contributed by atoms with van der Waals surface area (Å²) >= 11 is 1.39. The number of aryl methyl sites for hydroxylation is 1. The van der Waals surface area contributed by atoms with Crippen molar-refractivity contribution in [2.24, 2.45) is 5.73 Å². The Labute approximate surface area is 124 Å². The summed E-state index contributed by atoms with van der Waals surface area (Å²) in [5.74, 6) is -0.394. The molecule has 0 amide bonds. The zero-order valence-corrected chi connectivity index (χ0v) is 12.4. The Hall–Kier alpha value is -2.05. The summed E-state index contributed by atoms with van der Waals surface area (Å²) in [5.41, 5.74) is 7.91. The number of hydrogen-bond acceptors (Lipinski definition) is 4. The second kappa shape index (κ2) is 5.05. The number of aromatic nitrogens is 2. The Balaban J connectivity index is 2.44. The third-order valence-electron chi connectivity index (χ3n) is 3.31. The fourth-order valence-corrected chi connectivity index (χ4v) is 3.21. The summed E-state index contributed by atoms with van der Waals surface area (Å²) in [4.78, 5) is 17.9.